The molecular formula is C23H29F2N5O2. The first-order valence-corrected chi connectivity index (χ1v) is 11.3. The van der Waals surface area contributed by atoms with Crippen LogP contribution in [-0.4, -0.2) is 52.4 Å². The van der Waals surface area contributed by atoms with Crippen LogP contribution >= 0.6 is 0 Å². The number of pyridine rings is 1. The van der Waals surface area contributed by atoms with Gasteiger partial charge in [-0.2, -0.15) is 5.26 Å². The molecule has 32 heavy (non-hydrogen) atoms. The second kappa shape index (κ2) is 8.64. The first kappa shape index (κ1) is 22.4. The number of amides is 3. The Morgan fingerprint density at radius 1 is 1.22 bits per heavy atom. The number of nitriles is 1. The van der Waals surface area contributed by atoms with Crippen molar-refractivity contribution in [3.05, 3.63) is 30.1 Å². The van der Waals surface area contributed by atoms with Gasteiger partial charge in [0.2, 0.25) is 5.91 Å². The maximum absolute atomic E-state index is 14.9. The van der Waals surface area contributed by atoms with E-state index >= 15 is 0 Å². The molecule has 0 bridgehead atoms. The lowest BCUT2D eigenvalue weighted by atomic mass is 9.63. The Hall–Kier alpha value is -2.76. The van der Waals surface area contributed by atoms with E-state index in [4.69, 9.17) is 0 Å². The Labute approximate surface area is 186 Å². The zero-order valence-electron chi connectivity index (χ0n) is 18.1. The molecule has 1 atom stereocenters. The largest absolute Gasteiger partial charge is 0.336 e. The van der Waals surface area contributed by atoms with E-state index in [0.29, 0.717) is 36.9 Å². The van der Waals surface area contributed by atoms with Gasteiger partial charge in [0.15, 0.2) is 0 Å². The molecular weight excluding hydrogens is 416 g/mol. The van der Waals surface area contributed by atoms with Gasteiger partial charge in [-0.3, -0.25) is 9.78 Å². The summed E-state index contributed by atoms with van der Waals surface area (Å²) in [4.78, 5) is 31.1. The number of urea groups is 1. The van der Waals surface area contributed by atoms with Crippen LogP contribution in [0.15, 0.2) is 24.5 Å². The third-order valence-corrected chi connectivity index (χ3v) is 7.15. The van der Waals surface area contributed by atoms with Crippen molar-refractivity contribution in [2.24, 2.45) is 5.41 Å². The molecule has 1 spiro atoms. The zero-order chi connectivity index (χ0) is 22.8. The van der Waals surface area contributed by atoms with E-state index in [1.807, 2.05) is 6.07 Å². The van der Waals surface area contributed by atoms with Crippen LogP contribution in [0.4, 0.5) is 13.6 Å². The molecule has 1 aromatic heterocycles. The lowest BCUT2D eigenvalue weighted by Gasteiger charge is -2.48. The number of carbonyl (C=O) groups excluding carboxylic acids is 2. The van der Waals surface area contributed by atoms with E-state index in [9.17, 15) is 23.6 Å². The topological polar surface area (TPSA) is 98.1 Å². The number of carbonyl (C=O) groups is 2. The third-order valence-electron chi connectivity index (χ3n) is 7.15. The summed E-state index contributed by atoms with van der Waals surface area (Å²) in [5.74, 6) is -3.98. The second-order valence-corrected chi connectivity index (χ2v) is 9.62. The summed E-state index contributed by atoms with van der Waals surface area (Å²) in [6.45, 7) is 1.13. The summed E-state index contributed by atoms with van der Waals surface area (Å²) in [5.41, 5.74) is -0.309. The Morgan fingerprint density at radius 3 is 2.47 bits per heavy atom. The fourth-order valence-corrected chi connectivity index (χ4v) is 4.70. The van der Waals surface area contributed by atoms with Crippen LogP contribution in [0.1, 0.15) is 56.9 Å². The molecule has 9 heteroatoms. The van der Waals surface area contributed by atoms with Gasteiger partial charge in [0.1, 0.15) is 11.6 Å². The Balaban J connectivity index is 1.41. The fourth-order valence-electron chi connectivity index (χ4n) is 4.70. The van der Waals surface area contributed by atoms with Crippen LogP contribution < -0.4 is 10.6 Å². The molecule has 1 aliphatic heterocycles. The SMILES string of the molecule is N#CC1(NC(=O)C(CC(F)(F)Cc2cccnc2)NC(=O)N2CCC3(CCC3)CC2)CC1. The first-order chi connectivity index (χ1) is 15.2. The fraction of sp³-hybridized carbons (Fsp3) is 0.652. The van der Waals surface area contributed by atoms with Crippen molar-refractivity contribution in [2.75, 3.05) is 13.1 Å². The Kier molecular flexibility index (Phi) is 6.06. The molecule has 3 fully saturated rings. The van der Waals surface area contributed by atoms with Gasteiger partial charge >= 0.3 is 6.03 Å². The van der Waals surface area contributed by atoms with Gasteiger partial charge in [0.25, 0.3) is 5.92 Å². The molecule has 1 saturated heterocycles. The number of nitrogens with zero attached hydrogens (tertiary/aromatic N) is 3. The zero-order valence-corrected chi connectivity index (χ0v) is 18.1. The molecule has 2 saturated carbocycles. The van der Waals surface area contributed by atoms with Gasteiger partial charge in [0.05, 0.1) is 6.07 Å². The number of hydrogen-bond donors (Lipinski definition) is 2. The highest BCUT2D eigenvalue weighted by Gasteiger charge is 2.47. The first-order valence-electron chi connectivity index (χ1n) is 11.3. The molecule has 0 radical (unpaired) electrons. The third kappa shape index (κ3) is 5.17. The molecule has 4 rings (SSSR count). The highest BCUT2D eigenvalue weighted by Crippen LogP contribution is 2.48. The van der Waals surface area contributed by atoms with Crippen LogP contribution in [0, 0.1) is 16.7 Å². The number of rotatable bonds is 7. The maximum Gasteiger partial charge on any atom is 0.318 e. The summed E-state index contributed by atoms with van der Waals surface area (Å²) in [5, 5.41) is 14.4. The lowest BCUT2D eigenvalue weighted by Crippen LogP contribution is -2.56. The van der Waals surface area contributed by atoms with Gasteiger partial charge in [-0.1, -0.05) is 12.5 Å². The number of alkyl halides is 2. The van der Waals surface area contributed by atoms with Crippen LogP contribution in [0.5, 0.6) is 0 Å². The van der Waals surface area contributed by atoms with Crippen molar-refractivity contribution in [3.63, 3.8) is 0 Å². The standard InChI is InChI=1S/C23H29F2N5O2/c24-23(25,13-17-3-1-10-27-15-17)14-18(19(31)29-22(16-26)6-7-22)28-20(32)30-11-8-21(9-12-30)4-2-5-21/h1,3,10,15,18H,2,4-9,11-14H2,(H,28,32)(H,29,31). The summed E-state index contributed by atoms with van der Waals surface area (Å²) in [6.07, 6.45) is 7.80. The van der Waals surface area contributed by atoms with Gasteiger partial charge in [0, 0.05) is 38.3 Å². The van der Waals surface area contributed by atoms with Crippen LogP contribution in [0.2, 0.25) is 0 Å². The molecule has 7 nitrogen and oxygen atoms in total. The number of likely N-dealkylation sites (tertiary alicyclic amines) is 1. The monoisotopic (exact) mass is 445 g/mol. The maximum atomic E-state index is 14.9. The highest BCUT2D eigenvalue weighted by atomic mass is 19.3. The molecule has 2 aliphatic carbocycles. The van der Waals surface area contributed by atoms with Gasteiger partial charge < -0.3 is 15.5 Å². The minimum absolute atomic E-state index is 0.343. The Morgan fingerprint density at radius 2 is 1.94 bits per heavy atom. The van der Waals surface area contributed by atoms with E-state index in [-0.39, 0.29) is 0 Å². The number of halogens is 2. The normalized spacial score (nSPS) is 21.7. The summed E-state index contributed by atoms with van der Waals surface area (Å²) >= 11 is 0. The molecule has 1 aromatic rings. The average molecular weight is 446 g/mol. The molecule has 2 heterocycles. The van der Waals surface area contributed by atoms with Crippen molar-refractivity contribution in [1.29, 1.82) is 5.26 Å². The van der Waals surface area contributed by atoms with Gasteiger partial charge in [-0.25, -0.2) is 13.6 Å². The molecule has 0 aromatic carbocycles. The minimum Gasteiger partial charge on any atom is -0.336 e. The van der Waals surface area contributed by atoms with E-state index in [0.717, 1.165) is 12.8 Å². The number of nitrogens with one attached hydrogen (secondary N) is 2. The van der Waals surface area contributed by atoms with Crippen LogP contribution in [-0.2, 0) is 11.2 Å². The summed E-state index contributed by atoms with van der Waals surface area (Å²) in [6, 6.07) is 3.22. The van der Waals surface area contributed by atoms with Crippen LogP contribution in [0.3, 0.4) is 0 Å². The predicted molar refractivity (Wildman–Crippen MR) is 113 cm³/mol. The van der Waals surface area contributed by atoms with Crippen LogP contribution in [0.25, 0.3) is 0 Å². The smallest absolute Gasteiger partial charge is 0.318 e. The van der Waals surface area contributed by atoms with Crippen molar-refractivity contribution in [1.82, 2.24) is 20.5 Å². The van der Waals surface area contributed by atoms with Gasteiger partial charge in [-0.15, -0.1) is 0 Å². The van der Waals surface area contributed by atoms with E-state index in [2.05, 4.69) is 15.6 Å². The Bertz CT molecular complexity index is 883. The van der Waals surface area contributed by atoms with Crippen molar-refractivity contribution in [3.8, 4) is 6.07 Å². The van der Waals surface area contributed by atoms with E-state index in [1.54, 1.807) is 17.0 Å². The number of hydrogen-bond acceptors (Lipinski definition) is 4. The summed E-state index contributed by atoms with van der Waals surface area (Å²) in [7, 11) is 0. The highest BCUT2D eigenvalue weighted by molar-refractivity contribution is 5.88. The van der Waals surface area contributed by atoms with Crippen molar-refractivity contribution < 1.29 is 18.4 Å². The molecule has 3 amide bonds. The molecule has 3 aliphatic rings. The quantitative estimate of drug-likeness (QED) is 0.674. The molecule has 2 N–H and O–H groups in total. The molecule has 172 valence electrons. The minimum atomic E-state index is -3.24. The lowest BCUT2D eigenvalue weighted by molar-refractivity contribution is -0.126. The number of piperidine rings is 1. The predicted octanol–water partition coefficient (Wildman–Crippen LogP) is 3.17. The number of aromatic nitrogens is 1. The second-order valence-electron chi connectivity index (χ2n) is 9.62. The van der Waals surface area contributed by atoms with Crippen molar-refractivity contribution in [2.45, 2.75) is 75.3 Å². The summed E-state index contributed by atoms with van der Waals surface area (Å²) < 4.78 is 29.7. The van der Waals surface area contributed by atoms with Crippen molar-refractivity contribution >= 4 is 11.9 Å². The molecule has 1 unspecified atom stereocenters. The average Bonchev–Trinajstić information content (AvgIpc) is 3.52. The van der Waals surface area contributed by atoms with E-state index in [1.165, 1.54) is 31.7 Å². The van der Waals surface area contributed by atoms with Gasteiger partial charge in [-0.05, 0) is 55.6 Å². The van der Waals surface area contributed by atoms with E-state index < -0.39 is 42.3 Å².